The van der Waals surface area contributed by atoms with E-state index in [0.29, 0.717) is 34.9 Å². The molecule has 3 aromatic rings. The van der Waals surface area contributed by atoms with E-state index in [4.69, 9.17) is 10.2 Å². The number of carbonyl (C=O) groups excluding carboxylic acids is 1. The third kappa shape index (κ3) is 5.19. The summed E-state index contributed by atoms with van der Waals surface area (Å²) in [4.78, 5) is 24.7. The number of nitro groups is 1. The third-order valence-corrected chi connectivity index (χ3v) is 6.68. The summed E-state index contributed by atoms with van der Waals surface area (Å²) in [6, 6.07) is 8.01. The number of aromatic nitrogens is 3. The molecule has 3 heterocycles. The van der Waals surface area contributed by atoms with Crippen LogP contribution in [-0.2, 0) is 12.3 Å². The molecule has 2 unspecified atom stereocenters. The van der Waals surface area contributed by atoms with E-state index in [1.165, 1.54) is 30.3 Å². The number of amides is 1. The lowest BCUT2D eigenvalue weighted by Gasteiger charge is -2.35. The van der Waals surface area contributed by atoms with Crippen LogP contribution >= 0.6 is 11.8 Å². The van der Waals surface area contributed by atoms with Gasteiger partial charge in [-0.05, 0) is 36.5 Å². The molecule has 1 aliphatic heterocycles. The van der Waals surface area contributed by atoms with Gasteiger partial charge in [0.05, 0.1) is 17.7 Å². The number of furan rings is 1. The molecule has 0 saturated carbocycles. The minimum absolute atomic E-state index is 0.104. The van der Waals surface area contributed by atoms with Gasteiger partial charge in [-0.25, -0.2) is 0 Å². The highest BCUT2D eigenvalue weighted by atomic mass is 32.2. The SMILES string of the molecule is CC1CC(C)CN(c2nnc(SCc3ccc(C(N)=O)cc3[N+](=O)[O-])n2Cc2ccco2)C1. The molecule has 1 amide bonds. The average molecular weight is 471 g/mol. The Kier molecular flexibility index (Phi) is 6.68. The van der Waals surface area contributed by atoms with Crippen LogP contribution in [0.3, 0.4) is 0 Å². The highest BCUT2D eigenvalue weighted by molar-refractivity contribution is 7.98. The summed E-state index contributed by atoms with van der Waals surface area (Å²) in [5.74, 6) is 2.22. The van der Waals surface area contributed by atoms with Crippen LogP contribution in [-0.4, -0.2) is 38.7 Å². The molecule has 0 bridgehead atoms. The van der Waals surface area contributed by atoms with Crippen LogP contribution in [0.1, 0.15) is 41.9 Å². The molecule has 10 nitrogen and oxygen atoms in total. The fourth-order valence-electron chi connectivity index (χ4n) is 4.30. The summed E-state index contributed by atoms with van der Waals surface area (Å²) >= 11 is 1.35. The zero-order valence-corrected chi connectivity index (χ0v) is 19.3. The fraction of sp³-hybridized carbons (Fsp3) is 0.409. The quantitative estimate of drug-likeness (QED) is 0.299. The Morgan fingerprint density at radius 2 is 2.03 bits per heavy atom. The number of piperidine rings is 1. The molecule has 2 aromatic heterocycles. The number of nitro benzene ring substituents is 1. The van der Waals surface area contributed by atoms with Crippen molar-refractivity contribution >= 4 is 29.3 Å². The van der Waals surface area contributed by atoms with Gasteiger partial charge in [0.1, 0.15) is 5.76 Å². The van der Waals surface area contributed by atoms with Crippen LogP contribution in [0.4, 0.5) is 11.6 Å². The smallest absolute Gasteiger partial charge is 0.274 e. The number of hydrogen-bond donors (Lipinski definition) is 1. The molecular weight excluding hydrogens is 444 g/mol. The Balaban J connectivity index is 1.62. The monoisotopic (exact) mass is 470 g/mol. The first-order valence-electron chi connectivity index (χ1n) is 10.7. The Morgan fingerprint density at radius 1 is 1.27 bits per heavy atom. The molecule has 2 N–H and O–H groups in total. The summed E-state index contributed by atoms with van der Waals surface area (Å²) in [6.07, 6.45) is 2.80. The van der Waals surface area contributed by atoms with Gasteiger partial charge in [0, 0.05) is 36.0 Å². The second-order valence-electron chi connectivity index (χ2n) is 8.55. The minimum atomic E-state index is -0.704. The number of primary amides is 1. The maximum atomic E-state index is 11.6. The lowest BCUT2D eigenvalue weighted by Crippen LogP contribution is -2.40. The standard InChI is InChI=1S/C22H26N6O4S/c1-14-8-15(2)11-26(10-14)21-24-25-22(27(21)12-18-4-3-7-32-18)33-13-17-6-5-16(20(23)29)9-19(17)28(30)31/h3-7,9,14-15H,8,10-13H2,1-2H3,(H2,23,29). The van der Waals surface area contributed by atoms with E-state index < -0.39 is 10.8 Å². The van der Waals surface area contributed by atoms with Crippen LogP contribution in [0.25, 0.3) is 0 Å². The second-order valence-corrected chi connectivity index (χ2v) is 9.50. The van der Waals surface area contributed by atoms with E-state index in [2.05, 4.69) is 28.9 Å². The molecule has 0 aliphatic carbocycles. The molecule has 0 radical (unpaired) electrons. The maximum absolute atomic E-state index is 11.6. The number of rotatable bonds is 8. The molecular formula is C22H26N6O4S. The Bertz CT molecular complexity index is 1140. The van der Waals surface area contributed by atoms with Crippen molar-refractivity contribution in [3.8, 4) is 0 Å². The van der Waals surface area contributed by atoms with Crippen LogP contribution in [0.2, 0.25) is 0 Å². The van der Waals surface area contributed by atoms with Crippen molar-refractivity contribution in [1.29, 1.82) is 0 Å². The van der Waals surface area contributed by atoms with Crippen molar-refractivity contribution in [2.24, 2.45) is 17.6 Å². The van der Waals surface area contributed by atoms with Gasteiger partial charge in [0.15, 0.2) is 5.16 Å². The van der Waals surface area contributed by atoms with Crippen LogP contribution in [0.15, 0.2) is 46.2 Å². The Hall–Kier alpha value is -3.34. The van der Waals surface area contributed by atoms with Crippen molar-refractivity contribution in [3.63, 3.8) is 0 Å². The highest BCUT2D eigenvalue weighted by Gasteiger charge is 2.27. The van der Waals surface area contributed by atoms with Gasteiger partial charge < -0.3 is 15.1 Å². The first-order valence-corrected chi connectivity index (χ1v) is 11.7. The molecule has 1 fully saturated rings. The zero-order chi connectivity index (χ0) is 23.5. The van der Waals surface area contributed by atoms with Gasteiger partial charge in [-0.2, -0.15) is 0 Å². The number of thioether (sulfide) groups is 1. The first-order chi connectivity index (χ1) is 15.8. The third-order valence-electron chi connectivity index (χ3n) is 5.67. The van der Waals surface area contributed by atoms with E-state index in [1.54, 1.807) is 12.3 Å². The lowest BCUT2D eigenvalue weighted by molar-refractivity contribution is -0.385. The Morgan fingerprint density at radius 3 is 2.67 bits per heavy atom. The first kappa shape index (κ1) is 22.8. The fourth-order valence-corrected chi connectivity index (χ4v) is 5.23. The molecule has 2 atom stereocenters. The van der Waals surface area contributed by atoms with E-state index in [1.807, 2.05) is 16.7 Å². The van der Waals surface area contributed by atoms with Gasteiger partial charge in [0.2, 0.25) is 11.9 Å². The summed E-state index contributed by atoms with van der Waals surface area (Å²) in [6.45, 7) is 6.72. The Labute approximate surface area is 195 Å². The van der Waals surface area contributed by atoms with Gasteiger partial charge in [-0.1, -0.05) is 31.7 Å². The van der Waals surface area contributed by atoms with Crippen molar-refractivity contribution in [3.05, 3.63) is 63.6 Å². The summed E-state index contributed by atoms with van der Waals surface area (Å²) in [5.41, 5.74) is 5.71. The maximum Gasteiger partial charge on any atom is 0.274 e. The molecule has 1 aromatic carbocycles. The average Bonchev–Trinajstić information content (AvgIpc) is 3.41. The van der Waals surface area contributed by atoms with Crippen molar-refractivity contribution in [2.45, 2.75) is 37.7 Å². The van der Waals surface area contributed by atoms with E-state index >= 15 is 0 Å². The normalized spacial score (nSPS) is 18.4. The topological polar surface area (TPSA) is 133 Å². The van der Waals surface area contributed by atoms with Gasteiger partial charge in [0.25, 0.3) is 5.69 Å². The second kappa shape index (κ2) is 9.65. The molecule has 4 rings (SSSR count). The predicted octanol–water partition coefficient (Wildman–Crippen LogP) is 3.70. The predicted molar refractivity (Wildman–Crippen MR) is 124 cm³/mol. The number of hydrogen-bond acceptors (Lipinski definition) is 8. The summed E-state index contributed by atoms with van der Waals surface area (Å²) < 4.78 is 7.56. The van der Waals surface area contributed by atoms with E-state index in [-0.39, 0.29) is 11.3 Å². The zero-order valence-electron chi connectivity index (χ0n) is 18.5. The van der Waals surface area contributed by atoms with Crippen molar-refractivity contribution in [2.75, 3.05) is 18.0 Å². The van der Waals surface area contributed by atoms with Crippen LogP contribution < -0.4 is 10.6 Å². The molecule has 11 heteroatoms. The minimum Gasteiger partial charge on any atom is -0.467 e. The van der Waals surface area contributed by atoms with Crippen molar-refractivity contribution in [1.82, 2.24) is 14.8 Å². The number of nitrogens with zero attached hydrogens (tertiary/aromatic N) is 5. The summed E-state index contributed by atoms with van der Waals surface area (Å²) in [5, 5.41) is 21.1. The number of nitrogens with two attached hydrogens (primary N) is 1. The van der Waals surface area contributed by atoms with Crippen molar-refractivity contribution < 1.29 is 14.1 Å². The largest absolute Gasteiger partial charge is 0.467 e. The van der Waals surface area contributed by atoms with E-state index in [0.717, 1.165) is 24.8 Å². The van der Waals surface area contributed by atoms with Gasteiger partial charge in [-0.3, -0.25) is 19.5 Å². The number of benzene rings is 1. The molecule has 1 aliphatic rings. The number of carbonyl (C=O) groups is 1. The number of anilines is 1. The van der Waals surface area contributed by atoms with E-state index in [9.17, 15) is 14.9 Å². The van der Waals surface area contributed by atoms with Crippen LogP contribution in [0.5, 0.6) is 0 Å². The van der Waals surface area contributed by atoms with Crippen LogP contribution in [0, 0.1) is 22.0 Å². The van der Waals surface area contributed by atoms with Gasteiger partial charge in [-0.15, -0.1) is 10.2 Å². The summed E-state index contributed by atoms with van der Waals surface area (Å²) in [7, 11) is 0. The lowest BCUT2D eigenvalue weighted by atomic mass is 9.92. The molecule has 174 valence electrons. The highest BCUT2D eigenvalue weighted by Crippen LogP contribution is 2.32. The molecule has 33 heavy (non-hydrogen) atoms. The molecule has 0 spiro atoms. The molecule has 1 saturated heterocycles. The van der Waals surface area contributed by atoms with Gasteiger partial charge >= 0.3 is 0 Å².